The highest BCUT2D eigenvalue weighted by atomic mass is 35.5. The molecule has 0 saturated carbocycles. The van der Waals surface area contributed by atoms with Crippen molar-refractivity contribution in [1.29, 1.82) is 0 Å². The predicted octanol–water partition coefficient (Wildman–Crippen LogP) is 3.23. The minimum atomic E-state index is -1.01. The maximum absolute atomic E-state index is 13.0. The van der Waals surface area contributed by atoms with Crippen molar-refractivity contribution in [3.8, 4) is 0 Å². The van der Waals surface area contributed by atoms with Gasteiger partial charge in [-0.3, -0.25) is 14.6 Å². The summed E-state index contributed by atoms with van der Waals surface area (Å²) in [6.07, 6.45) is 1.10. The number of carbonyl (C=O) groups is 2. The van der Waals surface area contributed by atoms with Gasteiger partial charge in [-0.1, -0.05) is 60.6 Å². The molecule has 0 bridgehead atoms. The molecule has 3 N–H and O–H groups in total. The molecule has 0 unspecified atom stereocenters. The van der Waals surface area contributed by atoms with Crippen molar-refractivity contribution in [2.45, 2.75) is 31.4 Å². The number of para-hydroxylation sites is 2. The van der Waals surface area contributed by atoms with E-state index in [2.05, 4.69) is 27.2 Å². The van der Waals surface area contributed by atoms with Crippen molar-refractivity contribution in [1.82, 2.24) is 20.6 Å². The summed E-state index contributed by atoms with van der Waals surface area (Å²) in [4.78, 5) is 34.0. The maximum atomic E-state index is 13.0. The molecule has 0 spiro atoms. The van der Waals surface area contributed by atoms with Gasteiger partial charge in [0.15, 0.2) is 0 Å². The number of allylic oxidation sites excluding steroid dienone is 1. The highest BCUT2D eigenvalue weighted by molar-refractivity contribution is 6.29. The molecule has 0 aliphatic heterocycles. The van der Waals surface area contributed by atoms with Crippen LogP contribution in [0.3, 0.4) is 0 Å². The van der Waals surface area contributed by atoms with Gasteiger partial charge in [0, 0.05) is 18.0 Å². The second kappa shape index (κ2) is 11.5. The van der Waals surface area contributed by atoms with Gasteiger partial charge in [0.25, 0.3) is 5.91 Å². The minimum absolute atomic E-state index is 0.104. The van der Waals surface area contributed by atoms with Crippen molar-refractivity contribution in [2.24, 2.45) is 5.92 Å². The van der Waals surface area contributed by atoms with Gasteiger partial charge >= 0.3 is 0 Å². The zero-order valence-electron chi connectivity index (χ0n) is 18.4. The van der Waals surface area contributed by atoms with Crippen molar-refractivity contribution in [3.63, 3.8) is 0 Å². The molecular formula is C25H27ClN4O3. The largest absolute Gasteiger partial charge is 0.391 e. The monoisotopic (exact) mass is 466 g/mol. The van der Waals surface area contributed by atoms with E-state index in [1.54, 1.807) is 6.07 Å². The number of amides is 2. The first kappa shape index (κ1) is 24.4. The summed E-state index contributed by atoms with van der Waals surface area (Å²) in [5.41, 5.74) is 2.37. The van der Waals surface area contributed by atoms with Gasteiger partial charge in [-0.15, -0.1) is 0 Å². The van der Waals surface area contributed by atoms with Crippen LogP contribution in [-0.4, -0.2) is 46.1 Å². The molecule has 2 amide bonds. The van der Waals surface area contributed by atoms with E-state index in [4.69, 9.17) is 11.6 Å². The Hall–Kier alpha value is -3.29. The Morgan fingerprint density at radius 2 is 1.76 bits per heavy atom. The molecule has 172 valence electrons. The van der Waals surface area contributed by atoms with E-state index in [-0.39, 0.29) is 24.4 Å². The lowest BCUT2D eigenvalue weighted by molar-refractivity contribution is -0.125. The second-order valence-corrected chi connectivity index (χ2v) is 8.38. The molecule has 0 aliphatic carbocycles. The lowest BCUT2D eigenvalue weighted by Gasteiger charge is -2.27. The van der Waals surface area contributed by atoms with Crippen molar-refractivity contribution >= 4 is 34.4 Å². The van der Waals surface area contributed by atoms with Crippen LogP contribution in [0.1, 0.15) is 28.9 Å². The second-order valence-electron chi connectivity index (χ2n) is 7.85. The van der Waals surface area contributed by atoms with Gasteiger partial charge in [0.05, 0.1) is 29.4 Å². The Morgan fingerprint density at radius 3 is 2.42 bits per heavy atom. The molecule has 1 aromatic heterocycles. The Morgan fingerprint density at radius 1 is 1.09 bits per heavy atom. The minimum Gasteiger partial charge on any atom is -0.391 e. The number of nitrogens with zero attached hydrogens (tertiary/aromatic N) is 2. The van der Waals surface area contributed by atoms with Crippen LogP contribution in [0.4, 0.5) is 0 Å². The highest BCUT2D eigenvalue weighted by Gasteiger charge is 2.29. The molecule has 33 heavy (non-hydrogen) atoms. The summed E-state index contributed by atoms with van der Waals surface area (Å²) >= 11 is 5.94. The van der Waals surface area contributed by atoms with Crippen molar-refractivity contribution in [3.05, 3.63) is 83.7 Å². The van der Waals surface area contributed by atoms with Gasteiger partial charge in [-0.05, 0) is 37.0 Å². The molecule has 3 atom stereocenters. The molecule has 7 nitrogen and oxygen atoms in total. The number of halogens is 1. The van der Waals surface area contributed by atoms with Gasteiger partial charge in [0.2, 0.25) is 5.91 Å². The average Bonchev–Trinajstić information content (AvgIpc) is 2.82. The summed E-state index contributed by atoms with van der Waals surface area (Å²) in [5, 5.41) is 16.9. The number of aliphatic hydroxyl groups is 1. The average molecular weight is 467 g/mol. The van der Waals surface area contributed by atoms with E-state index < -0.39 is 24.0 Å². The van der Waals surface area contributed by atoms with E-state index in [1.807, 2.05) is 48.5 Å². The van der Waals surface area contributed by atoms with E-state index in [9.17, 15) is 14.7 Å². The molecule has 0 fully saturated rings. The molecule has 3 aromatic rings. The number of hydrogen-bond acceptors (Lipinski definition) is 5. The highest BCUT2D eigenvalue weighted by Crippen LogP contribution is 2.22. The summed E-state index contributed by atoms with van der Waals surface area (Å²) in [6.45, 7) is 3.66. The summed E-state index contributed by atoms with van der Waals surface area (Å²) < 4.78 is 0. The van der Waals surface area contributed by atoms with Gasteiger partial charge < -0.3 is 15.7 Å². The first-order valence-electron chi connectivity index (χ1n) is 10.7. The normalized spacial score (nSPS) is 13.7. The first-order chi connectivity index (χ1) is 15.9. The van der Waals surface area contributed by atoms with Gasteiger partial charge in [-0.25, -0.2) is 4.98 Å². The number of aromatic nitrogens is 2. The van der Waals surface area contributed by atoms with Crippen LogP contribution >= 0.6 is 11.6 Å². The molecule has 0 saturated heterocycles. The third kappa shape index (κ3) is 6.84. The van der Waals surface area contributed by atoms with Crippen molar-refractivity contribution in [2.75, 3.05) is 7.05 Å². The smallest absolute Gasteiger partial charge is 0.271 e. The third-order valence-corrected chi connectivity index (χ3v) is 5.53. The lowest BCUT2D eigenvalue weighted by Crippen LogP contribution is -2.46. The number of aliphatic hydroxyl groups excluding tert-OH is 1. The number of hydrogen-bond donors (Lipinski definition) is 3. The molecule has 3 rings (SSSR count). The molecular weight excluding hydrogens is 440 g/mol. The number of fused-ring (bicyclic) bond motifs is 1. The number of carbonyl (C=O) groups excluding carboxylic acids is 2. The van der Waals surface area contributed by atoms with Crippen LogP contribution in [-0.2, 0) is 11.2 Å². The standard InChI is InChI=1S/C25H27ClN4O3/c1-16(26)12-18(24(32)27-2)14-23(31)21(13-17-8-4-3-5-9-17)30-25(33)22-15-28-19-10-6-7-11-20(19)29-22/h3-11,15,18,21,23,31H,1,12-14H2,2H3,(H,27,32)(H,30,33)/t18-,21+,23+/m1/s1. The fraction of sp³-hybridized carbons (Fsp3) is 0.280. The molecule has 2 aromatic carbocycles. The van der Waals surface area contributed by atoms with Crippen molar-refractivity contribution < 1.29 is 14.7 Å². The molecule has 0 aliphatic rings. The Bertz CT molecular complexity index is 1120. The number of nitrogens with one attached hydrogen (secondary N) is 2. The Kier molecular flexibility index (Phi) is 8.52. The van der Waals surface area contributed by atoms with Crippen LogP contribution in [0.15, 0.2) is 72.4 Å². The first-order valence-corrected chi connectivity index (χ1v) is 11.0. The molecule has 8 heteroatoms. The SMILES string of the molecule is C=C(Cl)C[C@H](C[C@H](O)[C@H](Cc1ccccc1)NC(=O)c1cnc2ccccc2n1)C(=O)NC. The fourth-order valence-corrected chi connectivity index (χ4v) is 3.86. The predicted molar refractivity (Wildman–Crippen MR) is 129 cm³/mol. The van der Waals surface area contributed by atoms with E-state index in [1.165, 1.54) is 13.2 Å². The Labute approximate surface area is 197 Å². The summed E-state index contributed by atoms with van der Waals surface area (Å²) in [6, 6.07) is 16.1. The van der Waals surface area contributed by atoms with Gasteiger partial charge in [-0.2, -0.15) is 0 Å². The van der Waals surface area contributed by atoms with E-state index in [0.29, 0.717) is 22.5 Å². The lowest BCUT2D eigenvalue weighted by atomic mass is 9.90. The molecule has 0 radical (unpaired) electrons. The maximum Gasteiger partial charge on any atom is 0.271 e. The molecule has 1 heterocycles. The summed E-state index contributed by atoms with van der Waals surface area (Å²) in [7, 11) is 1.53. The van der Waals surface area contributed by atoms with Crippen LogP contribution in [0.2, 0.25) is 0 Å². The zero-order valence-corrected chi connectivity index (χ0v) is 19.1. The van der Waals surface area contributed by atoms with Crippen LogP contribution in [0.5, 0.6) is 0 Å². The number of benzene rings is 2. The topological polar surface area (TPSA) is 104 Å². The third-order valence-electron chi connectivity index (χ3n) is 5.37. The van der Waals surface area contributed by atoms with E-state index in [0.717, 1.165) is 5.56 Å². The quantitative estimate of drug-likeness (QED) is 0.425. The zero-order chi connectivity index (χ0) is 23.8. The van der Waals surface area contributed by atoms with E-state index >= 15 is 0 Å². The summed E-state index contributed by atoms with van der Waals surface area (Å²) in [5.74, 6) is -1.28. The number of rotatable bonds is 10. The fourth-order valence-electron chi connectivity index (χ4n) is 3.67. The van der Waals surface area contributed by atoms with Crippen LogP contribution in [0.25, 0.3) is 11.0 Å². The van der Waals surface area contributed by atoms with Crippen LogP contribution in [0, 0.1) is 5.92 Å². The van der Waals surface area contributed by atoms with Gasteiger partial charge in [0.1, 0.15) is 5.69 Å². The Balaban J connectivity index is 1.82. The van der Waals surface area contributed by atoms with Crippen LogP contribution < -0.4 is 10.6 Å².